The number of aryl methyl sites for hydroxylation is 1. The van der Waals surface area contributed by atoms with Gasteiger partial charge in [0.1, 0.15) is 17.8 Å². The summed E-state index contributed by atoms with van der Waals surface area (Å²) in [6.45, 7) is 5.43. The molecule has 1 aliphatic rings. The van der Waals surface area contributed by atoms with E-state index < -0.39 is 0 Å². The van der Waals surface area contributed by atoms with Crippen LogP contribution in [0.2, 0.25) is 5.02 Å². The molecule has 8 nitrogen and oxygen atoms in total. The first kappa shape index (κ1) is 22.2. The van der Waals surface area contributed by atoms with Gasteiger partial charge in [-0.1, -0.05) is 30.7 Å². The third kappa shape index (κ3) is 5.26. The van der Waals surface area contributed by atoms with E-state index in [9.17, 15) is 4.79 Å². The fourth-order valence-corrected chi connectivity index (χ4v) is 3.92. The van der Waals surface area contributed by atoms with Crippen molar-refractivity contribution in [3.8, 4) is 5.82 Å². The first-order chi connectivity index (χ1) is 15.5. The molecule has 2 aromatic heterocycles. The first-order valence-electron chi connectivity index (χ1n) is 10.8. The summed E-state index contributed by atoms with van der Waals surface area (Å²) in [6.07, 6.45) is 7.64. The standard InChI is InChI=1S/C23H27ClN6O2/c1-3-19(16-5-4-6-17(24)11-16)28-22(31)20-13-30(14-26-20)21-15(2)12-25-23(29-21)27-18-7-9-32-10-8-18/h4-6,11-14,18-19H,3,7-10H2,1-2H3,(H,28,31)(H,25,27,29). The largest absolute Gasteiger partial charge is 0.381 e. The van der Waals surface area contributed by atoms with Crippen molar-refractivity contribution in [3.63, 3.8) is 0 Å². The highest BCUT2D eigenvalue weighted by Crippen LogP contribution is 2.21. The van der Waals surface area contributed by atoms with Crippen LogP contribution in [0.5, 0.6) is 0 Å². The number of imidazole rings is 1. The van der Waals surface area contributed by atoms with Gasteiger partial charge in [0.25, 0.3) is 5.91 Å². The minimum absolute atomic E-state index is 0.151. The van der Waals surface area contributed by atoms with E-state index in [4.69, 9.17) is 16.3 Å². The molecule has 1 fully saturated rings. The lowest BCUT2D eigenvalue weighted by Gasteiger charge is -2.23. The minimum atomic E-state index is -0.247. The number of rotatable bonds is 7. The number of nitrogens with zero attached hydrogens (tertiary/aromatic N) is 4. The minimum Gasteiger partial charge on any atom is -0.381 e. The van der Waals surface area contributed by atoms with Gasteiger partial charge in [-0.15, -0.1) is 0 Å². The Labute approximate surface area is 192 Å². The van der Waals surface area contributed by atoms with E-state index in [0.717, 1.165) is 43.6 Å². The molecule has 0 radical (unpaired) electrons. The van der Waals surface area contributed by atoms with Crippen LogP contribution in [0.15, 0.2) is 43.0 Å². The number of ether oxygens (including phenoxy) is 1. The predicted octanol–water partition coefficient (Wildman–Crippen LogP) is 4.10. The fourth-order valence-electron chi connectivity index (χ4n) is 3.72. The van der Waals surface area contributed by atoms with E-state index in [1.165, 1.54) is 0 Å². The molecule has 1 aromatic carbocycles. The van der Waals surface area contributed by atoms with Crippen molar-refractivity contribution in [2.45, 2.75) is 45.2 Å². The predicted molar refractivity (Wildman–Crippen MR) is 123 cm³/mol. The summed E-state index contributed by atoms with van der Waals surface area (Å²) < 4.78 is 7.16. The molecule has 1 unspecified atom stereocenters. The number of hydrogen-bond donors (Lipinski definition) is 2. The van der Waals surface area contributed by atoms with Crippen molar-refractivity contribution in [2.24, 2.45) is 0 Å². The molecule has 0 bridgehead atoms. The number of halogens is 1. The van der Waals surface area contributed by atoms with Crippen LogP contribution >= 0.6 is 11.6 Å². The number of nitrogens with one attached hydrogen (secondary N) is 2. The molecular weight excluding hydrogens is 428 g/mol. The third-order valence-corrected chi connectivity index (χ3v) is 5.76. The van der Waals surface area contributed by atoms with E-state index >= 15 is 0 Å². The molecule has 2 N–H and O–H groups in total. The highest BCUT2D eigenvalue weighted by Gasteiger charge is 2.19. The molecule has 168 valence electrons. The Morgan fingerprint density at radius 3 is 2.88 bits per heavy atom. The smallest absolute Gasteiger partial charge is 0.271 e. The molecule has 1 saturated heterocycles. The molecule has 32 heavy (non-hydrogen) atoms. The van der Waals surface area contributed by atoms with Crippen molar-refractivity contribution in [3.05, 3.63) is 64.8 Å². The molecule has 3 aromatic rings. The van der Waals surface area contributed by atoms with Gasteiger partial charge in [0, 0.05) is 42.2 Å². The Morgan fingerprint density at radius 1 is 1.31 bits per heavy atom. The number of carbonyl (C=O) groups is 1. The Morgan fingerprint density at radius 2 is 2.12 bits per heavy atom. The summed E-state index contributed by atoms with van der Waals surface area (Å²) in [7, 11) is 0. The van der Waals surface area contributed by atoms with Crippen LogP contribution in [-0.4, -0.2) is 44.7 Å². The quantitative estimate of drug-likeness (QED) is 0.558. The van der Waals surface area contributed by atoms with Gasteiger partial charge in [0.2, 0.25) is 5.95 Å². The monoisotopic (exact) mass is 454 g/mol. The van der Waals surface area contributed by atoms with Crippen molar-refractivity contribution in [1.29, 1.82) is 0 Å². The maximum absolute atomic E-state index is 12.9. The Bertz CT molecular complexity index is 1080. The number of benzene rings is 1. The molecule has 9 heteroatoms. The van der Waals surface area contributed by atoms with Crippen LogP contribution in [0.25, 0.3) is 5.82 Å². The average Bonchev–Trinajstić information content (AvgIpc) is 3.29. The van der Waals surface area contributed by atoms with Crippen molar-refractivity contribution in [1.82, 2.24) is 24.8 Å². The van der Waals surface area contributed by atoms with Gasteiger partial charge in [-0.25, -0.2) is 9.97 Å². The number of amides is 1. The summed E-state index contributed by atoms with van der Waals surface area (Å²) >= 11 is 6.11. The lowest BCUT2D eigenvalue weighted by Crippen LogP contribution is -2.29. The maximum atomic E-state index is 12.9. The van der Waals surface area contributed by atoms with Crippen LogP contribution < -0.4 is 10.6 Å². The summed E-state index contributed by atoms with van der Waals surface area (Å²) in [5.41, 5.74) is 2.17. The van der Waals surface area contributed by atoms with E-state index in [0.29, 0.717) is 28.5 Å². The molecule has 0 aliphatic carbocycles. The van der Waals surface area contributed by atoms with E-state index in [-0.39, 0.29) is 11.9 Å². The zero-order chi connectivity index (χ0) is 22.5. The normalized spacial score (nSPS) is 15.3. The summed E-state index contributed by atoms with van der Waals surface area (Å²) in [5.74, 6) is 0.995. The second-order valence-electron chi connectivity index (χ2n) is 7.89. The molecule has 1 atom stereocenters. The van der Waals surface area contributed by atoms with Crippen molar-refractivity contribution >= 4 is 23.5 Å². The molecule has 0 spiro atoms. The van der Waals surface area contributed by atoms with E-state index in [1.54, 1.807) is 23.3 Å². The molecule has 1 amide bonds. The SMILES string of the molecule is CCC(NC(=O)c1cn(-c2nc(NC3CCOCC3)ncc2C)cn1)c1cccc(Cl)c1. The van der Waals surface area contributed by atoms with Gasteiger partial charge in [0.05, 0.1) is 6.04 Å². The molecular formula is C23H27ClN6O2. The van der Waals surface area contributed by atoms with Crippen LogP contribution in [0.4, 0.5) is 5.95 Å². The van der Waals surface area contributed by atoms with Gasteiger partial charge < -0.3 is 15.4 Å². The van der Waals surface area contributed by atoms with E-state index in [2.05, 4.69) is 25.6 Å². The second-order valence-corrected chi connectivity index (χ2v) is 8.32. The number of aromatic nitrogens is 4. The second kappa shape index (κ2) is 10.1. The van der Waals surface area contributed by atoms with Gasteiger partial charge in [0.15, 0.2) is 0 Å². The first-order valence-corrected chi connectivity index (χ1v) is 11.2. The lowest BCUT2D eigenvalue weighted by molar-refractivity contribution is 0.0903. The molecule has 3 heterocycles. The Hall–Kier alpha value is -2.97. The third-order valence-electron chi connectivity index (χ3n) is 5.52. The van der Waals surface area contributed by atoms with Gasteiger partial charge in [-0.05, 0) is 43.9 Å². The average molecular weight is 455 g/mol. The van der Waals surface area contributed by atoms with Gasteiger partial charge in [-0.3, -0.25) is 9.36 Å². The Balaban J connectivity index is 1.49. The van der Waals surface area contributed by atoms with Gasteiger partial charge >= 0.3 is 0 Å². The van der Waals surface area contributed by atoms with Crippen molar-refractivity contribution < 1.29 is 9.53 Å². The molecule has 1 aliphatic heterocycles. The summed E-state index contributed by atoms with van der Waals surface area (Å²) in [6, 6.07) is 7.66. The summed E-state index contributed by atoms with van der Waals surface area (Å²) in [4.78, 5) is 26.2. The van der Waals surface area contributed by atoms with Crippen molar-refractivity contribution in [2.75, 3.05) is 18.5 Å². The highest BCUT2D eigenvalue weighted by molar-refractivity contribution is 6.30. The number of anilines is 1. The maximum Gasteiger partial charge on any atom is 0.271 e. The van der Waals surface area contributed by atoms with Crippen LogP contribution in [0, 0.1) is 6.92 Å². The highest BCUT2D eigenvalue weighted by atomic mass is 35.5. The zero-order valence-electron chi connectivity index (χ0n) is 18.2. The molecule has 4 rings (SSSR count). The summed E-state index contributed by atoms with van der Waals surface area (Å²) in [5, 5.41) is 7.06. The Kier molecular flexibility index (Phi) is 7.02. The number of carbonyl (C=O) groups excluding carboxylic acids is 1. The topological polar surface area (TPSA) is 94.0 Å². The number of hydrogen-bond acceptors (Lipinski definition) is 6. The van der Waals surface area contributed by atoms with Crippen LogP contribution in [0.1, 0.15) is 53.8 Å². The van der Waals surface area contributed by atoms with Crippen LogP contribution in [0.3, 0.4) is 0 Å². The van der Waals surface area contributed by atoms with Gasteiger partial charge in [-0.2, -0.15) is 4.98 Å². The molecule has 0 saturated carbocycles. The zero-order valence-corrected chi connectivity index (χ0v) is 19.0. The fraction of sp³-hybridized carbons (Fsp3) is 0.391. The van der Waals surface area contributed by atoms with E-state index in [1.807, 2.05) is 38.1 Å². The lowest BCUT2D eigenvalue weighted by atomic mass is 10.0. The van der Waals surface area contributed by atoms with Crippen LogP contribution in [-0.2, 0) is 4.74 Å².